The summed E-state index contributed by atoms with van der Waals surface area (Å²) in [6.07, 6.45) is 1.84. The maximum atomic E-state index is 13.1. The zero-order valence-corrected chi connectivity index (χ0v) is 17.9. The number of amides is 1. The second kappa shape index (κ2) is 9.36. The lowest BCUT2D eigenvalue weighted by Crippen LogP contribution is -2.41. The number of carboxylic acid groups (broad SMARTS) is 1. The summed E-state index contributed by atoms with van der Waals surface area (Å²) in [5.41, 5.74) is 2.62. The highest BCUT2D eigenvalue weighted by molar-refractivity contribution is 7.09. The molecule has 31 heavy (non-hydrogen) atoms. The smallest absolute Gasteiger partial charge is 0.410 e. The number of aromatic nitrogens is 1. The van der Waals surface area contributed by atoms with Gasteiger partial charge in [0.15, 0.2) is 6.61 Å². The molecule has 1 atom stereocenters. The van der Waals surface area contributed by atoms with Gasteiger partial charge in [-0.1, -0.05) is 35.9 Å². The van der Waals surface area contributed by atoms with Crippen LogP contribution < -0.4 is 4.74 Å². The van der Waals surface area contributed by atoms with Crippen molar-refractivity contribution in [3.8, 4) is 5.75 Å². The van der Waals surface area contributed by atoms with E-state index in [0.717, 1.165) is 11.1 Å². The van der Waals surface area contributed by atoms with Crippen molar-refractivity contribution >= 4 is 35.0 Å². The number of nitrogens with zero attached hydrogens (tertiary/aromatic N) is 2. The molecule has 1 aliphatic rings. The molecule has 0 spiro atoms. The molecule has 1 aromatic heterocycles. The van der Waals surface area contributed by atoms with Crippen LogP contribution in [0, 0.1) is 0 Å². The van der Waals surface area contributed by atoms with E-state index in [0.29, 0.717) is 34.3 Å². The van der Waals surface area contributed by atoms with E-state index in [9.17, 15) is 9.59 Å². The van der Waals surface area contributed by atoms with E-state index < -0.39 is 24.7 Å². The zero-order valence-electron chi connectivity index (χ0n) is 16.4. The van der Waals surface area contributed by atoms with Crippen LogP contribution in [0.1, 0.15) is 27.7 Å². The SMILES string of the molecule is O=C(O)COc1ccc(Cl)cc1[C@@H]1c2ccccc2CCN1C(=O)OCc1nccs1. The fourth-order valence-electron chi connectivity index (χ4n) is 3.63. The maximum Gasteiger partial charge on any atom is 0.410 e. The van der Waals surface area contributed by atoms with Crippen molar-refractivity contribution in [3.05, 3.63) is 80.8 Å². The first kappa shape index (κ1) is 21.1. The number of carbonyl (C=O) groups excluding carboxylic acids is 1. The van der Waals surface area contributed by atoms with E-state index >= 15 is 0 Å². The molecule has 1 aliphatic heterocycles. The molecule has 0 aliphatic carbocycles. The minimum absolute atomic E-state index is 0.0826. The number of carboxylic acids is 1. The molecule has 7 nitrogen and oxygen atoms in total. The third-order valence-electron chi connectivity index (χ3n) is 4.94. The highest BCUT2D eigenvalue weighted by Crippen LogP contribution is 2.40. The number of fused-ring (bicyclic) bond motifs is 1. The summed E-state index contributed by atoms with van der Waals surface area (Å²) in [7, 11) is 0. The Labute approximate surface area is 187 Å². The number of ether oxygens (including phenoxy) is 2. The van der Waals surface area contributed by atoms with Crippen LogP contribution in [0.4, 0.5) is 4.79 Å². The molecule has 0 saturated heterocycles. The lowest BCUT2D eigenvalue weighted by molar-refractivity contribution is -0.139. The van der Waals surface area contributed by atoms with Gasteiger partial charge >= 0.3 is 12.1 Å². The van der Waals surface area contributed by atoms with Crippen LogP contribution in [0.25, 0.3) is 0 Å². The highest BCUT2D eigenvalue weighted by Gasteiger charge is 2.35. The average molecular weight is 459 g/mol. The van der Waals surface area contributed by atoms with Gasteiger partial charge in [0.05, 0.1) is 6.04 Å². The maximum absolute atomic E-state index is 13.1. The van der Waals surface area contributed by atoms with E-state index in [2.05, 4.69) is 4.98 Å². The normalized spacial score (nSPS) is 15.3. The predicted octanol–water partition coefficient (Wildman–Crippen LogP) is 4.54. The monoisotopic (exact) mass is 458 g/mol. The van der Waals surface area contributed by atoms with Gasteiger partial charge < -0.3 is 14.6 Å². The Kier molecular flexibility index (Phi) is 6.39. The summed E-state index contributed by atoms with van der Waals surface area (Å²) >= 11 is 7.68. The van der Waals surface area contributed by atoms with Crippen LogP contribution in [0.15, 0.2) is 54.0 Å². The molecule has 0 bridgehead atoms. The van der Waals surface area contributed by atoms with Gasteiger partial charge in [0.1, 0.15) is 17.4 Å². The van der Waals surface area contributed by atoms with Gasteiger partial charge in [0.25, 0.3) is 0 Å². The van der Waals surface area contributed by atoms with Crippen LogP contribution in [0.2, 0.25) is 5.02 Å². The lowest BCUT2D eigenvalue weighted by atomic mass is 9.88. The van der Waals surface area contributed by atoms with Gasteiger partial charge in [-0.15, -0.1) is 11.3 Å². The minimum Gasteiger partial charge on any atom is -0.482 e. The topological polar surface area (TPSA) is 89.0 Å². The van der Waals surface area contributed by atoms with Crippen molar-refractivity contribution < 1.29 is 24.2 Å². The summed E-state index contributed by atoms with van der Waals surface area (Å²) in [6.45, 7) is 0.0139. The van der Waals surface area contributed by atoms with Crippen molar-refractivity contribution in [2.75, 3.05) is 13.2 Å². The Balaban J connectivity index is 1.71. The van der Waals surface area contributed by atoms with E-state index in [4.69, 9.17) is 26.2 Å². The first-order chi connectivity index (χ1) is 15.0. The largest absolute Gasteiger partial charge is 0.482 e. The molecule has 2 heterocycles. The zero-order chi connectivity index (χ0) is 21.8. The Morgan fingerprint density at radius 1 is 1.23 bits per heavy atom. The highest BCUT2D eigenvalue weighted by atomic mass is 35.5. The van der Waals surface area contributed by atoms with Gasteiger partial charge in [-0.25, -0.2) is 14.6 Å². The Morgan fingerprint density at radius 2 is 2.06 bits per heavy atom. The number of hydrogen-bond acceptors (Lipinski definition) is 6. The molecule has 1 N–H and O–H groups in total. The molecule has 9 heteroatoms. The van der Waals surface area contributed by atoms with Crippen LogP contribution in [-0.2, 0) is 22.6 Å². The minimum atomic E-state index is -1.09. The molecule has 0 unspecified atom stereocenters. The average Bonchev–Trinajstić information content (AvgIpc) is 3.29. The fraction of sp³-hybridized carbons (Fsp3) is 0.227. The third-order valence-corrected chi connectivity index (χ3v) is 5.93. The molecule has 1 amide bonds. The molecule has 0 saturated carbocycles. The number of aliphatic carboxylic acids is 1. The molecular weight excluding hydrogens is 440 g/mol. The molecule has 4 rings (SSSR count). The number of benzene rings is 2. The lowest BCUT2D eigenvalue weighted by Gasteiger charge is -2.37. The molecule has 0 radical (unpaired) electrons. The van der Waals surface area contributed by atoms with E-state index in [-0.39, 0.29) is 6.61 Å². The second-order valence-electron chi connectivity index (χ2n) is 6.89. The Hall–Kier alpha value is -3.10. The van der Waals surface area contributed by atoms with E-state index in [1.165, 1.54) is 11.3 Å². The number of rotatable bonds is 6. The number of thiazole rings is 1. The van der Waals surface area contributed by atoms with Crippen LogP contribution >= 0.6 is 22.9 Å². The van der Waals surface area contributed by atoms with E-state index in [1.54, 1.807) is 29.3 Å². The quantitative estimate of drug-likeness (QED) is 0.583. The molecule has 160 valence electrons. The summed E-state index contributed by atoms with van der Waals surface area (Å²) in [5.74, 6) is -0.740. The van der Waals surface area contributed by atoms with Gasteiger partial charge in [-0.3, -0.25) is 4.90 Å². The molecule has 2 aromatic carbocycles. The van der Waals surface area contributed by atoms with Gasteiger partial charge in [0, 0.05) is 28.7 Å². The van der Waals surface area contributed by atoms with Crippen molar-refractivity contribution in [2.45, 2.75) is 19.1 Å². The summed E-state index contributed by atoms with van der Waals surface area (Å²) < 4.78 is 11.1. The number of carbonyl (C=O) groups is 2. The van der Waals surface area contributed by atoms with Crippen molar-refractivity contribution in [3.63, 3.8) is 0 Å². The standard InChI is InChI=1S/C22H19ClN2O5S/c23-15-5-6-18(29-13-20(26)27)17(11-15)21-16-4-2-1-3-14(16)7-9-25(21)22(28)30-12-19-24-8-10-31-19/h1-6,8,10-11,21H,7,9,12-13H2,(H,26,27)/t21-/m0/s1. The summed E-state index contributed by atoms with van der Waals surface area (Å²) in [5, 5.41) is 12.0. The first-order valence-corrected chi connectivity index (χ1v) is 10.8. The molecular formula is C22H19ClN2O5S. The fourth-order valence-corrected chi connectivity index (χ4v) is 4.34. The van der Waals surface area contributed by atoms with Crippen molar-refractivity contribution in [1.82, 2.24) is 9.88 Å². The van der Waals surface area contributed by atoms with Crippen molar-refractivity contribution in [1.29, 1.82) is 0 Å². The molecule has 3 aromatic rings. The summed E-state index contributed by atoms with van der Waals surface area (Å²) in [4.78, 5) is 29.9. The van der Waals surface area contributed by atoms with Gasteiger partial charge in [0.2, 0.25) is 0 Å². The first-order valence-electron chi connectivity index (χ1n) is 9.56. The number of halogens is 1. The Bertz CT molecular complexity index is 1090. The predicted molar refractivity (Wildman–Crippen MR) is 116 cm³/mol. The number of hydrogen-bond donors (Lipinski definition) is 1. The van der Waals surface area contributed by atoms with Crippen LogP contribution in [0.5, 0.6) is 5.75 Å². The summed E-state index contributed by atoms with van der Waals surface area (Å²) in [6, 6.07) is 12.2. The Morgan fingerprint density at radius 3 is 2.84 bits per heavy atom. The van der Waals surface area contributed by atoms with E-state index in [1.807, 2.05) is 29.6 Å². The molecule has 0 fully saturated rings. The second-order valence-corrected chi connectivity index (χ2v) is 8.31. The van der Waals surface area contributed by atoms with Gasteiger partial charge in [-0.2, -0.15) is 0 Å². The van der Waals surface area contributed by atoms with Crippen LogP contribution in [-0.4, -0.2) is 40.2 Å². The van der Waals surface area contributed by atoms with Crippen molar-refractivity contribution in [2.24, 2.45) is 0 Å². The third kappa shape index (κ3) is 4.81. The van der Waals surface area contributed by atoms with Crippen LogP contribution in [0.3, 0.4) is 0 Å². The van der Waals surface area contributed by atoms with Gasteiger partial charge in [-0.05, 0) is 35.7 Å².